The molecule has 0 unspecified atom stereocenters. The predicted molar refractivity (Wildman–Crippen MR) is 107 cm³/mol. The van der Waals surface area contributed by atoms with Gasteiger partial charge in [0.25, 0.3) is 15.9 Å². The first kappa shape index (κ1) is 19.6. The monoisotopic (exact) mass is 416 g/mol. The predicted octanol–water partition coefficient (Wildman–Crippen LogP) is 3.59. The molecular weight excluding hydrogens is 400 g/mol. The van der Waals surface area contributed by atoms with E-state index in [2.05, 4.69) is 14.8 Å². The molecule has 3 aromatic rings. The molecule has 0 atom stereocenters. The zero-order chi connectivity index (χ0) is 20.1. The number of anilines is 2. The minimum atomic E-state index is -3.70. The van der Waals surface area contributed by atoms with E-state index in [-0.39, 0.29) is 15.5 Å². The van der Waals surface area contributed by atoms with Crippen LogP contribution in [0.2, 0.25) is 0 Å². The third kappa shape index (κ3) is 4.56. The Balaban J connectivity index is 1.77. The molecule has 0 saturated carbocycles. The first-order chi connectivity index (χ1) is 13.4. The molecule has 0 bridgehead atoms. The highest BCUT2D eigenvalue weighted by molar-refractivity contribution is 7.94. The number of ether oxygens (including phenoxy) is 1. The maximum atomic E-state index is 12.5. The van der Waals surface area contributed by atoms with Gasteiger partial charge in [0.1, 0.15) is 4.21 Å². The summed E-state index contributed by atoms with van der Waals surface area (Å²) in [5.41, 5.74) is 1.24. The number of nitrogens with one attached hydrogen (secondary N) is 2. The molecule has 0 spiro atoms. The standard InChI is InChI=1S/C19H16N2O5S2/c1-26-19(23)14-6-3-7-15(12-14)20-18(22)13-5-2-8-16(11-13)21-28(24,25)17-9-4-10-27-17/h2-12,21H,1H3,(H,20,22). The van der Waals surface area contributed by atoms with Crippen LogP contribution in [0.25, 0.3) is 0 Å². The highest BCUT2D eigenvalue weighted by atomic mass is 32.2. The van der Waals surface area contributed by atoms with Gasteiger partial charge >= 0.3 is 5.97 Å². The van der Waals surface area contributed by atoms with Gasteiger partial charge in [-0.3, -0.25) is 9.52 Å². The van der Waals surface area contributed by atoms with Gasteiger partial charge in [0.05, 0.1) is 12.7 Å². The number of hydrogen-bond donors (Lipinski definition) is 2. The van der Waals surface area contributed by atoms with E-state index in [1.807, 2.05) is 0 Å². The van der Waals surface area contributed by atoms with E-state index in [1.165, 1.54) is 25.3 Å². The van der Waals surface area contributed by atoms with Crippen LogP contribution in [0.5, 0.6) is 0 Å². The Hall–Kier alpha value is -3.17. The second kappa shape index (κ2) is 8.24. The molecule has 0 radical (unpaired) electrons. The Kier molecular flexibility index (Phi) is 5.76. The smallest absolute Gasteiger partial charge is 0.337 e. The Morgan fingerprint density at radius 3 is 2.29 bits per heavy atom. The fourth-order valence-electron chi connectivity index (χ4n) is 2.39. The maximum Gasteiger partial charge on any atom is 0.337 e. The van der Waals surface area contributed by atoms with Crippen LogP contribution in [0.15, 0.2) is 70.3 Å². The van der Waals surface area contributed by atoms with E-state index in [4.69, 9.17) is 0 Å². The molecule has 0 fully saturated rings. The van der Waals surface area contributed by atoms with Crippen LogP contribution < -0.4 is 10.0 Å². The van der Waals surface area contributed by atoms with Crippen LogP contribution in [0.3, 0.4) is 0 Å². The second-order valence-corrected chi connectivity index (χ2v) is 8.50. The molecule has 28 heavy (non-hydrogen) atoms. The summed E-state index contributed by atoms with van der Waals surface area (Å²) in [5.74, 6) is -0.958. The van der Waals surface area contributed by atoms with Crippen LogP contribution in [-0.2, 0) is 14.8 Å². The summed E-state index contributed by atoms with van der Waals surface area (Å²) in [7, 11) is -2.43. The Morgan fingerprint density at radius 1 is 0.929 bits per heavy atom. The van der Waals surface area contributed by atoms with Crippen molar-refractivity contribution in [3.63, 3.8) is 0 Å². The number of rotatable bonds is 6. The highest BCUT2D eigenvalue weighted by Crippen LogP contribution is 2.21. The van der Waals surface area contributed by atoms with Crippen molar-refractivity contribution in [2.24, 2.45) is 0 Å². The molecule has 0 aliphatic carbocycles. The number of thiophene rings is 1. The van der Waals surface area contributed by atoms with Gasteiger partial charge in [0.2, 0.25) is 0 Å². The summed E-state index contributed by atoms with van der Waals surface area (Å²) in [6.45, 7) is 0. The normalized spacial score (nSPS) is 10.9. The lowest BCUT2D eigenvalue weighted by Gasteiger charge is -2.09. The minimum absolute atomic E-state index is 0.182. The van der Waals surface area contributed by atoms with Crippen molar-refractivity contribution in [2.45, 2.75) is 4.21 Å². The molecule has 0 saturated heterocycles. The summed E-state index contributed by atoms with van der Waals surface area (Å²) in [5, 5.41) is 4.34. The van der Waals surface area contributed by atoms with Crippen LogP contribution in [-0.4, -0.2) is 27.4 Å². The van der Waals surface area contributed by atoms with Gasteiger partial charge in [-0.1, -0.05) is 18.2 Å². The van der Waals surface area contributed by atoms with Gasteiger partial charge in [-0.15, -0.1) is 11.3 Å². The minimum Gasteiger partial charge on any atom is -0.465 e. The summed E-state index contributed by atoms with van der Waals surface area (Å²) < 4.78 is 31.9. The van der Waals surface area contributed by atoms with Crippen molar-refractivity contribution in [3.8, 4) is 0 Å². The first-order valence-corrected chi connectivity index (χ1v) is 10.4. The van der Waals surface area contributed by atoms with E-state index in [0.29, 0.717) is 11.3 Å². The largest absolute Gasteiger partial charge is 0.465 e. The molecule has 1 heterocycles. The molecule has 1 amide bonds. The number of methoxy groups -OCH3 is 1. The van der Waals surface area contributed by atoms with Gasteiger partial charge in [-0.2, -0.15) is 0 Å². The van der Waals surface area contributed by atoms with Gasteiger partial charge in [-0.25, -0.2) is 13.2 Å². The molecule has 1 aromatic heterocycles. The average molecular weight is 416 g/mol. The van der Waals surface area contributed by atoms with Gasteiger partial charge in [0.15, 0.2) is 0 Å². The second-order valence-electron chi connectivity index (χ2n) is 5.64. The number of carbonyl (C=O) groups excluding carboxylic acids is 2. The van der Waals surface area contributed by atoms with E-state index in [0.717, 1.165) is 11.3 Å². The molecule has 0 aliphatic rings. The van der Waals surface area contributed by atoms with Crippen LogP contribution >= 0.6 is 11.3 Å². The lowest BCUT2D eigenvalue weighted by atomic mass is 10.1. The quantitative estimate of drug-likeness (QED) is 0.598. The highest BCUT2D eigenvalue weighted by Gasteiger charge is 2.16. The van der Waals surface area contributed by atoms with Gasteiger partial charge in [-0.05, 0) is 47.8 Å². The third-order valence-electron chi connectivity index (χ3n) is 3.68. The Morgan fingerprint density at radius 2 is 1.61 bits per heavy atom. The molecule has 2 N–H and O–H groups in total. The Labute approximate surface area is 166 Å². The zero-order valence-electron chi connectivity index (χ0n) is 14.7. The number of benzene rings is 2. The molecule has 0 aliphatic heterocycles. The lowest BCUT2D eigenvalue weighted by molar-refractivity contribution is 0.0600. The molecule has 7 nitrogen and oxygen atoms in total. The van der Waals surface area contributed by atoms with E-state index >= 15 is 0 Å². The Bertz CT molecular complexity index is 1110. The fourth-order valence-corrected chi connectivity index (χ4v) is 4.43. The van der Waals surface area contributed by atoms with Crippen molar-refractivity contribution in [3.05, 3.63) is 77.2 Å². The molecule has 2 aromatic carbocycles. The van der Waals surface area contributed by atoms with Gasteiger partial charge in [0, 0.05) is 16.9 Å². The van der Waals surface area contributed by atoms with Crippen LogP contribution in [0.1, 0.15) is 20.7 Å². The van der Waals surface area contributed by atoms with Crippen molar-refractivity contribution in [1.29, 1.82) is 0 Å². The number of sulfonamides is 1. The van der Waals surface area contributed by atoms with Crippen molar-refractivity contribution < 1.29 is 22.7 Å². The number of carbonyl (C=O) groups is 2. The van der Waals surface area contributed by atoms with Crippen molar-refractivity contribution in [1.82, 2.24) is 0 Å². The van der Waals surface area contributed by atoms with E-state index in [1.54, 1.807) is 47.8 Å². The number of esters is 1. The summed E-state index contributed by atoms with van der Waals surface area (Å²) >= 11 is 1.10. The zero-order valence-corrected chi connectivity index (χ0v) is 16.3. The summed E-state index contributed by atoms with van der Waals surface area (Å²) in [6.07, 6.45) is 0. The fraction of sp³-hybridized carbons (Fsp3) is 0.0526. The van der Waals surface area contributed by atoms with Crippen LogP contribution in [0.4, 0.5) is 11.4 Å². The molecule has 144 valence electrons. The maximum absolute atomic E-state index is 12.5. The van der Waals surface area contributed by atoms with Gasteiger partial charge < -0.3 is 10.1 Å². The van der Waals surface area contributed by atoms with Crippen molar-refractivity contribution in [2.75, 3.05) is 17.1 Å². The topological polar surface area (TPSA) is 102 Å². The average Bonchev–Trinajstić information content (AvgIpc) is 3.23. The lowest BCUT2D eigenvalue weighted by Crippen LogP contribution is -2.15. The van der Waals surface area contributed by atoms with Crippen LogP contribution in [0, 0.1) is 0 Å². The summed E-state index contributed by atoms with van der Waals surface area (Å²) in [6, 6.07) is 15.6. The summed E-state index contributed by atoms with van der Waals surface area (Å²) in [4.78, 5) is 24.1. The third-order valence-corrected chi connectivity index (χ3v) is 6.46. The van der Waals surface area contributed by atoms with Crippen molar-refractivity contribution >= 4 is 44.6 Å². The van der Waals surface area contributed by atoms with E-state index < -0.39 is 21.9 Å². The molecular formula is C19H16N2O5S2. The van der Waals surface area contributed by atoms with E-state index in [9.17, 15) is 18.0 Å². The number of hydrogen-bond acceptors (Lipinski definition) is 6. The number of amides is 1. The molecule has 3 rings (SSSR count). The SMILES string of the molecule is COC(=O)c1cccc(NC(=O)c2cccc(NS(=O)(=O)c3cccs3)c2)c1. The molecule has 9 heteroatoms. The first-order valence-electron chi connectivity index (χ1n) is 8.05.